The number of nitrogens with zero attached hydrogens (tertiary/aromatic N) is 3. The summed E-state index contributed by atoms with van der Waals surface area (Å²) in [5.41, 5.74) is 0.873. The second kappa shape index (κ2) is 4.22. The molecule has 86 valence electrons. The number of carbonyl (C=O) groups is 2. The highest BCUT2D eigenvalue weighted by Crippen LogP contribution is 2.17. The van der Waals surface area contributed by atoms with Gasteiger partial charge in [0.2, 0.25) is 5.91 Å². The van der Waals surface area contributed by atoms with Crippen molar-refractivity contribution >= 4 is 17.5 Å². The first-order valence-corrected chi connectivity index (χ1v) is 5.05. The van der Waals surface area contributed by atoms with Gasteiger partial charge in [0.25, 0.3) is 5.91 Å². The number of carbonyl (C=O) groups excluding carboxylic acids is 2. The largest absolute Gasteiger partial charge is 0.373 e. The van der Waals surface area contributed by atoms with E-state index in [1.165, 1.54) is 19.3 Å². The van der Waals surface area contributed by atoms with Crippen LogP contribution >= 0.6 is 0 Å². The lowest BCUT2D eigenvalue weighted by molar-refractivity contribution is -0.136. The van der Waals surface area contributed by atoms with Crippen LogP contribution in [0, 0.1) is 11.3 Å². The van der Waals surface area contributed by atoms with Crippen molar-refractivity contribution in [2.75, 3.05) is 12.4 Å². The third-order valence-electron chi connectivity index (χ3n) is 2.60. The number of nitrogens with one attached hydrogen (secondary N) is 1. The summed E-state index contributed by atoms with van der Waals surface area (Å²) in [4.78, 5) is 27.9. The normalized spacial score (nSPS) is 19.3. The summed E-state index contributed by atoms with van der Waals surface area (Å²) < 4.78 is 0. The molecule has 1 unspecified atom stereocenters. The lowest BCUT2D eigenvalue weighted by Crippen LogP contribution is -2.31. The summed E-state index contributed by atoms with van der Waals surface area (Å²) in [6.45, 7) is 0. The number of pyridine rings is 1. The van der Waals surface area contributed by atoms with Crippen molar-refractivity contribution in [2.24, 2.45) is 0 Å². The maximum absolute atomic E-state index is 11.6. The van der Waals surface area contributed by atoms with Crippen LogP contribution in [0.15, 0.2) is 18.3 Å². The minimum atomic E-state index is -0.554. The number of hydrogen-bond acceptors (Lipinski definition) is 5. The molecular weight excluding hydrogens is 220 g/mol. The van der Waals surface area contributed by atoms with Crippen LogP contribution in [0.1, 0.15) is 12.1 Å². The molecule has 0 aliphatic carbocycles. The lowest BCUT2D eigenvalue weighted by atomic mass is 10.2. The van der Waals surface area contributed by atoms with Gasteiger partial charge in [-0.1, -0.05) is 0 Å². The number of rotatable bonds is 2. The minimum absolute atomic E-state index is 0.138. The average molecular weight is 230 g/mol. The van der Waals surface area contributed by atoms with Crippen molar-refractivity contribution in [2.45, 2.75) is 12.5 Å². The molecule has 2 rings (SSSR count). The monoisotopic (exact) mass is 230 g/mol. The molecule has 17 heavy (non-hydrogen) atoms. The molecule has 6 nitrogen and oxygen atoms in total. The van der Waals surface area contributed by atoms with E-state index in [1.54, 1.807) is 6.07 Å². The Kier molecular flexibility index (Phi) is 2.75. The fourth-order valence-corrected chi connectivity index (χ4v) is 1.65. The fraction of sp³-hybridized carbons (Fsp3) is 0.273. The highest BCUT2D eigenvalue weighted by molar-refractivity contribution is 6.06. The first-order valence-electron chi connectivity index (χ1n) is 5.05. The predicted molar refractivity (Wildman–Crippen MR) is 58.8 cm³/mol. The zero-order chi connectivity index (χ0) is 12.4. The van der Waals surface area contributed by atoms with E-state index in [2.05, 4.69) is 10.3 Å². The van der Waals surface area contributed by atoms with Crippen molar-refractivity contribution in [1.29, 1.82) is 5.26 Å². The van der Waals surface area contributed by atoms with Gasteiger partial charge in [-0.15, -0.1) is 0 Å². The Morgan fingerprint density at radius 1 is 1.59 bits per heavy atom. The zero-order valence-corrected chi connectivity index (χ0v) is 9.17. The van der Waals surface area contributed by atoms with Gasteiger partial charge in [-0.3, -0.25) is 14.5 Å². The van der Waals surface area contributed by atoms with Crippen molar-refractivity contribution in [3.05, 3.63) is 24.0 Å². The standard InChI is InChI=1S/C11H10N4O2/c1-15-10(16)5-9(11(15)17)14-7-2-3-13-8(4-7)6-12/h2-4,9H,5H2,1H3,(H,13,14). The van der Waals surface area contributed by atoms with Gasteiger partial charge < -0.3 is 5.32 Å². The summed E-state index contributed by atoms with van der Waals surface area (Å²) in [7, 11) is 1.46. The van der Waals surface area contributed by atoms with Gasteiger partial charge in [-0.05, 0) is 12.1 Å². The Hall–Kier alpha value is -2.42. The zero-order valence-electron chi connectivity index (χ0n) is 9.17. The summed E-state index contributed by atoms with van der Waals surface area (Å²) in [5.74, 6) is -0.465. The number of anilines is 1. The first kappa shape index (κ1) is 11.1. The van der Waals surface area contributed by atoms with E-state index >= 15 is 0 Å². The SMILES string of the molecule is CN1C(=O)CC(Nc2ccnc(C#N)c2)C1=O. The molecule has 1 atom stereocenters. The number of nitriles is 1. The van der Waals surface area contributed by atoms with Crippen LogP contribution in [0.25, 0.3) is 0 Å². The van der Waals surface area contributed by atoms with Gasteiger partial charge in [-0.2, -0.15) is 5.26 Å². The third-order valence-corrected chi connectivity index (χ3v) is 2.60. The van der Waals surface area contributed by atoms with E-state index in [0.717, 1.165) is 4.90 Å². The summed E-state index contributed by atoms with van der Waals surface area (Å²) >= 11 is 0. The molecule has 1 saturated heterocycles. The molecule has 2 heterocycles. The Bertz CT molecular complexity index is 520. The van der Waals surface area contributed by atoms with Crippen LogP contribution in [0.2, 0.25) is 0 Å². The Morgan fingerprint density at radius 2 is 2.35 bits per heavy atom. The van der Waals surface area contributed by atoms with Gasteiger partial charge in [0.1, 0.15) is 17.8 Å². The van der Waals surface area contributed by atoms with Crippen LogP contribution < -0.4 is 5.32 Å². The minimum Gasteiger partial charge on any atom is -0.373 e. The molecule has 1 aliphatic heterocycles. The van der Waals surface area contributed by atoms with E-state index in [-0.39, 0.29) is 23.9 Å². The van der Waals surface area contributed by atoms with E-state index in [0.29, 0.717) is 5.69 Å². The molecule has 1 aliphatic rings. The number of aromatic nitrogens is 1. The maximum Gasteiger partial charge on any atom is 0.251 e. The van der Waals surface area contributed by atoms with Gasteiger partial charge in [0, 0.05) is 18.9 Å². The average Bonchev–Trinajstić information content (AvgIpc) is 2.57. The molecule has 0 bridgehead atoms. The quantitative estimate of drug-likeness (QED) is 0.729. The molecule has 0 radical (unpaired) electrons. The molecule has 1 fully saturated rings. The fourth-order valence-electron chi connectivity index (χ4n) is 1.65. The predicted octanol–water partition coefficient (Wildman–Crippen LogP) is 0.122. The molecular formula is C11H10N4O2. The van der Waals surface area contributed by atoms with Crippen LogP contribution in [-0.4, -0.2) is 34.8 Å². The number of likely N-dealkylation sites (tertiary alicyclic amines) is 1. The van der Waals surface area contributed by atoms with Crippen molar-refractivity contribution in [3.63, 3.8) is 0 Å². The Labute approximate surface area is 97.9 Å². The first-order chi connectivity index (χ1) is 8.11. The van der Waals surface area contributed by atoms with Crippen molar-refractivity contribution in [3.8, 4) is 6.07 Å². The van der Waals surface area contributed by atoms with E-state index in [9.17, 15) is 9.59 Å². The summed E-state index contributed by atoms with van der Waals surface area (Å²) in [5, 5.41) is 11.6. The molecule has 6 heteroatoms. The Morgan fingerprint density at radius 3 is 2.94 bits per heavy atom. The molecule has 2 amide bonds. The van der Waals surface area contributed by atoms with Crippen LogP contribution in [-0.2, 0) is 9.59 Å². The van der Waals surface area contributed by atoms with Crippen LogP contribution in [0.4, 0.5) is 5.69 Å². The third kappa shape index (κ3) is 2.08. The van der Waals surface area contributed by atoms with Crippen molar-refractivity contribution in [1.82, 2.24) is 9.88 Å². The molecule has 0 saturated carbocycles. The van der Waals surface area contributed by atoms with Gasteiger partial charge in [0.15, 0.2) is 0 Å². The number of imide groups is 1. The second-order valence-electron chi connectivity index (χ2n) is 3.73. The lowest BCUT2D eigenvalue weighted by Gasteiger charge is -2.12. The maximum atomic E-state index is 11.6. The number of likely N-dealkylation sites (N-methyl/N-ethyl adjacent to an activating group) is 1. The molecule has 0 aromatic carbocycles. The van der Waals surface area contributed by atoms with Crippen molar-refractivity contribution < 1.29 is 9.59 Å². The molecule has 1 N–H and O–H groups in total. The Balaban J connectivity index is 2.14. The summed E-state index contributed by atoms with van der Waals surface area (Å²) in [6.07, 6.45) is 1.62. The van der Waals surface area contributed by atoms with Gasteiger partial charge >= 0.3 is 0 Å². The van der Waals surface area contributed by atoms with Gasteiger partial charge in [0.05, 0.1) is 6.42 Å². The topological polar surface area (TPSA) is 86.1 Å². The molecule has 1 aromatic rings. The smallest absolute Gasteiger partial charge is 0.251 e. The van der Waals surface area contributed by atoms with E-state index in [4.69, 9.17) is 5.26 Å². The highest BCUT2D eigenvalue weighted by Gasteiger charge is 2.35. The highest BCUT2D eigenvalue weighted by atomic mass is 16.2. The van der Waals surface area contributed by atoms with E-state index in [1.807, 2.05) is 6.07 Å². The van der Waals surface area contributed by atoms with Crippen LogP contribution in [0.5, 0.6) is 0 Å². The van der Waals surface area contributed by atoms with Crippen LogP contribution in [0.3, 0.4) is 0 Å². The second-order valence-corrected chi connectivity index (χ2v) is 3.73. The molecule has 1 aromatic heterocycles. The number of amides is 2. The van der Waals surface area contributed by atoms with Gasteiger partial charge in [-0.25, -0.2) is 4.98 Å². The number of hydrogen-bond donors (Lipinski definition) is 1. The van der Waals surface area contributed by atoms with E-state index < -0.39 is 6.04 Å². The summed E-state index contributed by atoms with van der Waals surface area (Å²) in [6, 6.07) is 4.54. The molecule has 0 spiro atoms.